The summed E-state index contributed by atoms with van der Waals surface area (Å²) in [6.45, 7) is 4.25. The van der Waals surface area contributed by atoms with E-state index in [1.165, 1.54) is 23.0 Å². The van der Waals surface area contributed by atoms with E-state index in [0.29, 0.717) is 28.8 Å². The molecule has 8 nitrogen and oxygen atoms in total. The molecular weight excluding hydrogens is 399 g/mol. The molecule has 3 atom stereocenters. The standard InChI is InChI=1S/C22H21FN6O2/c1-12(14-5-4-6-15(23)8-14)7-16-13(2)18(16)20-26-17(31-27-20)9-29-11-25-21-19(22(29)30)28(3)10-24-21/h4-8,10-11,13,16,18H,9H2,1-3H3/b12-7+/t13-,16+,18+/m0/s1. The minimum atomic E-state index is -0.248. The molecule has 1 aromatic carbocycles. The first-order valence-corrected chi connectivity index (χ1v) is 10.1. The molecule has 1 aliphatic rings. The lowest BCUT2D eigenvalue weighted by atomic mass is 10.1. The van der Waals surface area contributed by atoms with Crippen molar-refractivity contribution in [1.29, 1.82) is 0 Å². The van der Waals surface area contributed by atoms with Crippen LogP contribution in [-0.2, 0) is 13.6 Å². The molecule has 31 heavy (non-hydrogen) atoms. The normalized spacial score (nSPS) is 21.0. The maximum Gasteiger partial charge on any atom is 0.280 e. The number of hydrogen-bond donors (Lipinski definition) is 0. The third-order valence-electron chi connectivity index (χ3n) is 5.96. The molecule has 5 rings (SSSR count). The summed E-state index contributed by atoms with van der Waals surface area (Å²) in [5.41, 5.74) is 2.51. The number of aryl methyl sites for hydroxylation is 1. The molecule has 0 spiro atoms. The van der Waals surface area contributed by atoms with Crippen LogP contribution in [0.5, 0.6) is 0 Å². The number of fused-ring (bicyclic) bond motifs is 1. The van der Waals surface area contributed by atoms with Gasteiger partial charge in [-0.25, -0.2) is 14.4 Å². The van der Waals surface area contributed by atoms with Crippen molar-refractivity contribution in [2.24, 2.45) is 18.9 Å². The van der Waals surface area contributed by atoms with E-state index in [0.717, 1.165) is 11.1 Å². The first-order chi connectivity index (χ1) is 14.9. The number of allylic oxidation sites excluding steroid dienone is 2. The Bertz CT molecular complexity index is 1370. The van der Waals surface area contributed by atoms with Gasteiger partial charge in [0, 0.05) is 13.0 Å². The summed E-state index contributed by atoms with van der Waals surface area (Å²) >= 11 is 0. The fourth-order valence-corrected chi connectivity index (χ4v) is 4.07. The van der Waals surface area contributed by atoms with Gasteiger partial charge in [0.2, 0.25) is 5.89 Å². The lowest BCUT2D eigenvalue weighted by Crippen LogP contribution is -2.22. The van der Waals surface area contributed by atoms with Crippen molar-refractivity contribution in [1.82, 2.24) is 29.2 Å². The summed E-state index contributed by atoms with van der Waals surface area (Å²) in [6.07, 6.45) is 5.14. The summed E-state index contributed by atoms with van der Waals surface area (Å²) in [5.74, 6) is 1.47. The molecule has 1 fully saturated rings. The first-order valence-electron chi connectivity index (χ1n) is 10.1. The van der Waals surface area contributed by atoms with Gasteiger partial charge in [-0.3, -0.25) is 9.36 Å². The predicted octanol–water partition coefficient (Wildman–Crippen LogP) is 3.15. The van der Waals surface area contributed by atoms with Crippen LogP contribution in [0.15, 0.2) is 52.3 Å². The highest BCUT2D eigenvalue weighted by molar-refractivity contribution is 5.68. The summed E-state index contributed by atoms with van der Waals surface area (Å²) in [6, 6.07) is 6.58. The Morgan fingerprint density at radius 3 is 2.90 bits per heavy atom. The average molecular weight is 420 g/mol. The average Bonchev–Trinajstić information content (AvgIpc) is 3.09. The molecule has 0 N–H and O–H groups in total. The van der Waals surface area contributed by atoms with Gasteiger partial charge in [0.1, 0.15) is 18.7 Å². The van der Waals surface area contributed by atoms with Gasteiger partial charge in [-0.15, -0.1) is 0 Å². The molecule has 0 aliphatic heterocycles. The van der Waals surface area contributed by atoms with E-state index in [-0.39, 0.29) is 29.8 Å². The molecule has 0 unspecified atom stereocenters. The van der Waals surface area contributed by atoms with E-state index >= 15 is 0 Å². The van der Waals surface area contributed by atoms with E-state index in [9.17, 15) is 9.18 Å². The highest BCUT2D eigenvalue weighted by atomic mass is 19.1. The molecule has 0 bridgehead atoms. The van der Waals surface area contributed by atoms with Crippen LogP contribution in [-0.4, -0.2) is 29.2 Å². The topological polar surface area (TPSA) is 91.6 Å². The van der Waals surface area contributed by atoms with E-state index in [1.807, 2.05) is 13.0 Å². The molecule has 0 amide bonds. The smallest absolute Gasteiger partial charge is 0.280 e. The van der Waals surface area contributed by atoms with Gasteiger partial charge >= 0.3 is 0 Å². The van der Waals surface area contributed by atoms with Gasteiger partial charge in [-0.1, -0.05) is 30.3 Å². The van der Waals surface area contributed by atoms with E-state index in [4.69, 9.17) is 4.52 Å². The number of aromatic nitrogens is 6. The van der Waals surface area contributed by atoms with E-state index in [2.05, 4.69) is 33.1 Å². The zero-order valence-corrected chi connectivity index (χ0v) is 17.4. The molecule has 0 saturated heterocycles. The Morgan fingerprint density at radius 2 is 2.10 bits per heavy atom. The Labute approximate surface area is 177 Å². The van der Waals surface area contributed by atoms with Crippen LogP contribution in [0.25, 0.3) is 16.7 Å². The largest absolute Gasteiger partial charge is 0.337 e. The molecule has 1 aliphatic carbocycles. The zero-order valence-electron chi connectivity index (χ0n) is 17.4. The molecule has 4 aromatic rings. The van der Waals surface area contributed by atoms with Crippen molar-refractivity contribution in [2.45, 2.75) is 26.3 Å². The van der Waals surface area contributed by atoms with Crippen molar-refractivity contribution < 1.29 is 8.91 Å². The van der Waals surface area contributed by atoms with Crippen LogP contribution >= 0.6 is 0 Å². The second-order valence-electron chi connectivity index (χ2n) is 8.07. The number of hydrogen-bond acceptors (Lipinski definition) is 6. The van der Waals surface area contributed by atoms with Crippen LogP contribution in [0.4, 0.5) is 4.39 Å². The van der Waals surface area contributed by atoms with Gasteiger partial charge in [0.05, 0.1) is 6.33 Å². The Hall–Kier alpha value is -3.62. The number of halogens is 1. The van der Waals surface area contributed by atoms with Gasteiger partial charge in [0.25, 0.3) is 5.56 Å². The molecule has 3 aromatic heterocycles. The summed E-state index contributed by atoms with van der Waals surface area (Å²) in [5, 5.41) is 4.14. The fraction of sp³-hybridized carbons (Fsp3) is 0.318. The van der Waals surface area contributed by atoms with Crippen LogP contribution in [0.1, 0.15) is 37.0 Å². The molecule has 9 heteroatoms. The zero-order chi connectivity index (χ0) is 21.7. The lowest BCUT2D eigenvalue weighted by molar-refractivity contribution is 0.364. The fourth-order valence-electron chi connectivity index (χ4n) is 4.07. The minimum Gasteiger partial charge on any atom is -0.337 e. The molecule has 1 saturated carbocycles. The molecular formula is C22H21FN6O2. The van der Waals surface area contributed by atoms with Crippen molar-refractivity contribution >= 4 is 16.7 Å². The summed E-state index contributed by atoms with van der Waals surface area (Å²) < 4.78 is 22.0. The Kier molecular flexibility index (Phi) is 4.53. The second kappa shape index (κ2) is 7.26. The quantitative estimate of drug-likeness (QED) is 0.493. The minimum absolute atomic E-state index is 0.135. The van der Waals surface area contributed by atoms with Crippen LogP contribution in [0.3, 0.4) is 0 Å². The SMILES string of the molecule is C/C(=C\[C@@H]1[C@H](C)[C@H]1c1noc(Cn2cnc3ncn(C)c3c2=O)n1)c1cccc(F)c1. The lowest BCUT2D eigenvalue weighted by Gasteiger charge is -2.01. The second-order valence-corrected chi connectivity index (χ2v) is 8.07. The highest BCUT2D eigenvalue weighted by Gasteiger charge is 2.49. The van der Waals surface area contributed by atoms with Gasteiger partial charge in [-0.2, -0.15) is 4.98 Å². The molecule has 158 valence electrons. The van der Waals surface area contributed by atoms with Crippen molar-refractivity contribution in [2.75, 3.05) is 0 Å². The molecule has 3 heterocycles. The van der Waals surface area contributed by atoms with Crippen LogP contribution in [0, 0.1) is 17.7 Å². The van der Waals surface area contributed by atoms with Gasteiger partial charge < -0.3 is 9.09 Å². The van der Waals surface area contributed by atoms with Gasteiger partial charge in [-0.05, 0) is 42.0 Å². The predicted molar refractivity (Wildman–Crippen MR) is 112 cm³/mol. The summed E-state index contributed by atoms with van der Waals surface area (Å²) in [7, 11) is 1.75. The molecule has 0 radical (unpaired) electrons. The number of imidazole rings is 1. The third-order valence-corrected chi connectivity index (χ3v) is 5.96. The first kappa shape index (κ1) is 19.3. The number of benzene rings is 1. The number of nitrogens with zero attached hydrogens (tertiary/aromatic N) is 6. The van der Waals surface area contributed by atoms with E-state index < -0.39 is 0 Å². The highest BCUT2D eigenvalue weighted by Crippen LogP contribution is 2.54. The Morgan fingerprint density at radius 1 is 1.29 bits per heavy atom. The maximum atomic E-state index is 13.5. The van der Waals surface area contributed by atoms with Crippen molar-refractivity contribution in [3.05, 3.63) is 76.4 Å². The van der Waals surface area contributed by atoms with Crippen molar-refractivity contribution in [3.8, 4) is 0 Å². The van der Waals surface area contributed by atoms with Gasteiger partial charge in [0.15, 0.2) is 17.0 Å². The van der Waals surface area contributed by atoms with E-state index in [1.54, 1.807) is 24.0 Å². The number of rotatable bonds is 5. The van der Waals surface area contributed by atoms with Crippen molar-refractivity contribution in [3.63, 3.8) is 0 Å². The summed E-state index contributed by atoms with van der Waals surface area (Å²) in [4.78, 5) is 25.5. The Balaban J connectivity index is 1.34. The monoisotopic (exact) mass is 420 g/mol. The van der Waals surface area contributed by atoms with Crippen LogP contribution in [0.2, 0.25) is 0 Å². The van der Waals surface area contributed by atoms with Crippen LogP contribution < -0.4 is 5.56 Å². The third kappa shape index (κ3) is 3.45. The maximum absolute atomic E-state index is 13.5.